The fourth-order valence-electron chi connectivity index (χ4n) is 4.28. The second kappa shape index (κ2) is 8.06. The Hall–Kier alpha value is -3.19. The summed E-state index contributed by atoms with van der Waals surface area (Å²) in [5.74, 6) is 0. The number of benzene rings is 2. The first-order valence-corrected chi connectivity index (χ1v) is 11.8. The lowest BCUT2D eigenvalue weighted by atomic mass is 10.1. The highest BCUT2D eigenvalue weighted by atomic mass is 32.1. The van der Waals surface area contributed by atoms with Crippen LogP contribution in [-0.2, 0) is 6.54 Å². The van der Waals surface area contributed by atoms with Gasteiger partial charge in [-0.3, -0.25) is 9.36 Å². The lowest BCUT2D eigenvalue weighted by molar-refractivity contribution is 0.707. The highest BCUT2D eigenvalue weighted by molar-refractivity contribution is 7.22. The minimum Gasteiger partial charge on any atom is -0.348 e. The molecule has 0 saturated carbocycles. The number of hydrogen-bond donors (Lipinski definition) is 0. The molecule has 1 aliphatic rings. The molecule has 0 atom stereocenters. The van der Waals surface area contributed by atoms with Crippen LogP contribution < -0.4 is 16.1 Å². The van der Waals surface area contributed by atoms with Crippen molar-refractivity contribution in [2.45, 2.75) is 40.2 Å². The van der Waals surface area contributed by atoms with E-state index in [2.05, 4.69) is 4.90 Å². The van der Waals surface area contributed by atoms with Gasteiger partial charge in [0.15, 0.2) is 10.8 Å². The number of nitrogens with zero attached hydrogens (tertiary/aromatic N) is 4. The Kier molecular flexibility index (Phi) is 5.21. The van der Waals surface area contributed by atoms with E-state index >= 15 is 0 Å². The summed E-state index contributed by atoms with van der Waals surface area (Å²) >= 11 is 1.40. The monoisotopic (exact) mass is 446 g/mol. The van der Waals surface area contributed by atoms with Gasteiger partial charge in [-0.15, -0.1) is 0 Å². The average molecular weight is 447 g/mol. The summed E-state index contributed by atoms with van der Waals surface area (Å²) in [5, 5.41) is 0.824. The lowest BCUT2D eigenvalue weighted by Gasteiger charge is -2.14. The second-order valence-electron chi connectivity index (χ2n) is 8.56. The maximum atomic E-state index is 13.7. The summed E-state index contributed by atoms with van der Waals surface area (Å²) in [7, 11) is 0. The van der Waals surface area contributed by atoms with Gasteiger partial charge in [-0.05, 0) is 56.4 Å². The van der Waals surface area contributed by atoms with E-state index in [0.717, 1.165) is 53.3 Å². The number of aromatic nitrogens is 3. The number of fused-ring (bicyclic) bond motifs is 1. The molecule has 1 aliphatic heterocycles. The van der Waals surface area contributed by atoms with E-state index in [9.17, 15) is 9.59 Å². The topological polar surface area (TPSA) is 60.1 Å². The zero-order valence-electron chi connectivity index (χ0n) is 18.6. The molecule has 1 saturated heterocycles. The molecule has 0 spiro atoms. The molecular formula is C25H26N4O2S. The van der Waals surface area contributed by atoms with E-state index in [1.54, 1.807) is 4.57 Å². The average Bonchev–Trinajstić information content (AvgIpc) is 3.46. The van der Waals surface area contributed by atoms with E-state index in [-0.39, 0.29) is 11.2 Å². The minimum absolute atomic E-state index is 0.290. The molecule has 0 bridgehead atoms. The van der Waals surface area contributed by atoms with Crippen LogP contribution in [-0.4, -0.2) is 27.2 Å². The van der Waals surface area contributed by atoms with Gasteiger partial charge in [0.2, 0.25) is 0 Å². The molecule has 32 heavy (non-hydrogen) atoms. The molecule has 6 nitrogen and oxygen atoms in total. The van der Waals surface area contributed by atoms with Crippen molar-refractivity contribution in [2.24, 2.45) is 0 Å². The molecule has 164 valence electrons. The summed E-state index contributed by atoms with van der Waals surface area (Å²) in [4.78, 5) is 34.4. The Balaban J connectivity index is 1.78. The molecule has 5 rings (SSSR count). The summed E-state index contributed by atoms with van der Waals surface area (Å²) in [5.41, 5.74) is 4.61. The van der Waals surface area contributed by atoms with Gasteiger partial charge in [0.1, 0.15) is 4.70 Å². The summed E-state index contributed by atoms with van der Waals surface area (Å²) in [6.07, 6.45) is 2.25. The first-order chi connectivity index (χ1) is 15.4. The first kappa shape index (κ1) is 20.7. The Morgan fingerprint density at radius 2 is 1.69 bits per heavy atom. The van der Waals surface area contributed by atoms with Gasteiger partial charge in [0.05, 0.1) is 12.2 Å². The predicted octanol–water partition coefficient (Wildman–Crippen LogP) is 4.18. The minimum atomic E-state index is -0.352. The van der Waals surface area contributed by atoms with E-state index in [0.29, 0.717) is 22.6 Å². The quantitative estimate of drug-likeness (QED) is 0.472. The van der Waals surface area contributed by atoms with Crippen LogP contribution in [0.15, 0.2) is 52.1 Å². The van der Waals surface area contributed by atoms with Gasteiger partial charge in [0.25, 0.3) is 5.56 Å². The Morgan fingerprint density at radius 1 is 0.969 bits per heavy atom. The van der Waals surface area contributed by atoms with Crippen LogP contribution in [0.1, 0.15) is 35.1 Å². The predicted molar refractivity (Wildman–Crippen MR) is 131 cm³/mol. The van der Waals surface area contributed by atoms with Crippen molar-refractivity contribution in [1.29, 1.82) is 0 Å². The molecule has 0 radical (unpaired) electrons. The van der Waals surface area contributed by atoms with Crippen LogP contribution in [0.4, 0.5) is 5.13 Å². The molecule has 2 aromatic carbocycles. The van der Waals surface area contributed by atoms with E-state index in [1.807, 2.05) is 63.2 Å². The molecule has 7 heteroatoms. The van der Waals surface area contributed by atoms with E-state index < -0.39 is 0 Å². The van der Waals surface area contributed by atoms with Crippen LogP contribution in [0.2, 0.25) is 0 Å². The fraction of sp³-hybridized carbons (Fsp3) is 0.320. The molecule has 0 unspecified atom stereocenters. The standard InChI is InChI=1S/C25H26N4O2S/c1-16-9-11-19(12-10-16)15-28-22-21(32-24(26-22)27-13-4-5-14-27)23(30)29(25(28)31)20-8-6-7-17(2)18(20)3/h6-12H,4-5,13-15H2,1-3H3. The molecule has 2 aromatic heterocycles. The fourth-order valence-corrected chi connectivity index (χ4v) is 5.33. The van der Waals surface area contributed by atoms with Crippen molar-refractivity contribution >= 4 is 26.8 Å². The normalized spacial score (nSPS) is 13.9. The van der Waals surface area contributed by atoms with Crippen molar-refractivity contribution < 1.29 is 0 Å². The molecule has 4 aromatic rings. The van der Waals surface area contributed by atoms with Crippen molar-refractivity contribution in [3.8, 4) is 5.69 Å². The zero-order valence-corrected chi connectivity index (χ0v) is 19.4. The van der Waals surface area contributed by atoms with Crippen molar-refractivity contribution in [1.82, 2.24) is 14.1 Å². The van der Waals surface area contributed by atoms with Crippen LogP contribution in [0.5, 0.6) is 0 Å². The zero-order chi connectivity index (χ0) is 22.4. The van der Waals surface area contributed by atoms with E-state index in [4.69, 9.17) is 4.98 Å². The number of aryl methyl sites for hydroxylation is 2. The highest BCUT2D eigenvalue weighted by Crippen LogP contribution is 2.29. The highest BCUT2D eigenvalue weighted by Gasteiger charge is 2.23. The summed E-state index contributed by atoms with van der Waals surface area (Å²) in [6, 6.07) is 13.8. The van der Waals surface area contributed by atoms with Crippen LogP contribution in [0.3, 0.4) is 0 Å². The second-order valence-corrected chi connectivity index (χ2v) is 9.53. The largest absolute Gasteiger partial charge is 0.348 e. The van der Waals surface area contributed by atoms with Gasteiger partial charge in [-0.1, -0.05) is 53.3 Å². The number of hydrogen-bond acceptors (Lipinski definition) is 5. The molecular weight excluding hydrogens is 420 g/mol. The summed E-state index contributed by atoms with van der Waals surface area (Å²) in [6.45, 7) is 8.22. The van der Waals surface area contributed by atoms with Crippen molar-refractivity contribution in [2.75, 3.05) is 18.0 Å². The molecule has 0 N–H and O–H groups in total. The van der Waals surface area contributed by atoms with Gasteiger partial charge in [0, 0.05) is 13.1 Å². The SMILES string of the molecule is Cc1ccc(Cn2c(=O)n(-c3cccc(C)c3C)c(=O)c3sc(N4CCCC4)nc32)cc1. The Morgan fingerprint density at radius 3 is 2.41 bits per heavy atom. The van der Waals surface area contributed by atoms with Crippen molar-refractivity contribution in [3.05, 3.63) is 85.6 Å². The molecule has 0 amide bonds. The number of anilines is 1. The van der Waals surface area contributed by atoms with Crippen LogP contribution >= 0.6 is 11.3 Å². The molecule has 1 fully saturated rings. The van der Waals surface area contributed by atoms with Crippen LogP contribution in [0.25, 0.3) is 16.0 Å². The molecule has 0 aliphatic carbocycles. The molecule has 3 heterocycles. The van der Waals surface area contributed by atoms with Gasteiger partial charge >= 0.3 is 5.69 Å². The summed E-state index contributed by atoms with van der Waals surface area (Å²) < 4.78 is 3.50. The Bertz CT molecular complexity index is 1420. The van der Waals surface area contributed by atoms with Gasteiger partial charge in [-0.2, -0.15) is 0 Å². The third kappa shape index (κ3) is 3.46. The number of rotatable bonds is 4. The van der Waals surface area contributed by atoms with Gasteiger partial charge in [-0.25, -0.2) is 14.3 Å². The van der Waals surface area contributed by atoms with Crippen molar-refractivity contribution in [3.63, 3.8) is 0 Å². The number of thiazole rings is 1. The maximum Gasteiger partial charge on any atom is 0.337 e. The van der Waals surface area contributed by atoms with Crippen LogP contribution in [0, 0.1) is 20.8 Å². The first-order valence-electron chi connectivity index (χ1n) is 11.0. The maximum absolute atomic E-state index is 13.7. The van der Waals surface area contributed by atoms with Gasteiger partial charge < -0.3 is 4.90 Å². The Labute approximate surface area is 190 Å². The third-order valence-corrected chi connectivity index (χ3v) is 7.42. The smallest absolute Gasteiger partial charge is 0.337 e. The lowest BCUT2D eigenvalue weighted by Crippen LogP contribution is -2.39. The van der Waals surface area contributed by atoms with E-state index in [1.165, 1.54) is 15.9 Å². The third-order valence-electron chi connectivity index (χ3n) is 6.33.